The lowest BCUT2D eigenvalue weighted by Gasteiger charge is -2.27. The van der Waals surface area contributed by atoms with E-state index in [1.165, 1.54) is 11.1 Å². The van der Waals surface area contributed by atoms with Crippen molar-refractivity contribution in [3.63, 3.8) is 0 Å². The van der Waals surface area contributed by atoms with Gasteiger partial charge in [0.25, 0.3) is 0 Å². The van der Waals surface area contributed by atoms with Crippen molar-refractivity contribution in [1.29, 1.82) is 0 Å². The Labute approximate surface area is 162 Å². The average Bonchev–Trinajstić information content (AvgIpc) is 2.68. The maximum atomic E-state index is 10.2. The van der Waals surface area contributed by atoms with Gasteiger partial charge in [0.15, 0.2) is 0 Å². The molecule has 0 aromatic heterocycles. The van der Waals surface area contributed by atoms with Crippen molar-refractivity contribution in [2.75, 3.05) is 19.5 Å². The number of methoxy groups -OCH3 is 1. The van der Waals surface area contributed by atoms with E-state index in [9.17, 15) is 5.11 Å². The Kier molecular flexibility index (Phi) is 8.27. The van der Waals surface area contributed by atoms with Crippen LogP contribution in [0.3, 0.4) is 0 Å². The standard InChI is InChI=1S/C22H30ClNO2/c1-4-20(16-6-9-19(26-3)10-7-16)21(5-2)17-8-11-22(25)18(14-17)15-24-13-12-23/h6-11,14,20-21,24-25H,4-5,12-13,15H2,1-3H3/t20-,21-/m1/s1. The number of benzene rings is 2. The summed E-state index contributed by atoms with van der Waals surface area (Å²) in [5.74, 6) is 2.62. The molecule has 2 atom stereocenters. The van der Waals surface area contributed by atoms with E-state index < -0.39 is 0 Å². The Bertz CT molecular complexity index is 672. The first-order valence-electron chi connectivity index (χ1n) is 9.36. The first-order chi connectivity index (χ1) is 12.6. The molecule has 0 aliphatic carbocycles. The zero-order valence-corrected chi connectivity index (χ0v) is 16.7. The topological polar surface area (TPSA) is 41.5 Å². The maximum Gasteiger partial charge on any atom is 0.120 e. The second-order valence-electron chi connectivity index (χ2n) is 6.56. The summed E-state index contributed by atoms with van der Waals surface area (Å²) < 4.78 is 5.29. The second-order valence-corrected chi connectivity index (χ2v) is 6.93. The highest BCUT2D eigenvalue weighted by Crippen LogP contribution is 2.39. The van der Waals surface area contributed by atoms with Crippen molar-refractivity contribution >= 4 is 11.6 Å². The van der Waals surface area contributed by atoms with Crippen LogP contribution in [0.15, 0.2) is 42.5 Å². The van der Waals surface area contributed by atoms with Crippen LogP contribution >= 0.6 is 11.6 Å². The molecule has 0 bridgehead atoms. The van der Waals surface area contributed by atoms with Gasteiger partial charge in [-0.05, 0) is 54.0 Å². The van der Waals surface area contributed by atoms with Crippen molar-refractivity contribution < 1.29 is 9.84 Å². The molecule has 0 aliphatic rings. The highest BCUT2D eigenvalue weighted by molar-refractivity contribution is 6.18. The first-order valence-corrected chi connectivity index (χ1v) is 9.90. The lowest BCUT2D eigenvalue weighted by Crippen LogP contribution is -2.16. The van der Waals surface area contributed by atoms with Crippen molar-refractivity contribution in [1.82, 2.24) is 5.32 Å². The second kappa shape index (κ2) is 10.4. The van der Waals surface area contributed by atoms with Gasteiger partial charge in [-0.25, -0.2) is 0 Å². The number of phenolic OH excluding ortho intramolecular Hbond substituents is 1. The molecule has 0 heterocycles. The molecular formula is C22H30ClNO2. The van der Waals surface area contributed by atoms with Gasteiger partial charge >= 0.3 is 0 Å². The third-order valence-electron chi connectivity index (χ3n) is 5.03. The van der Waals surface area contributed by atoms with Gasteiger partial charge in [0, 0.05) is 24.5 Å². The van der Waals surface area contributed by atoms with E-state index in [0.29, 0.717) is 30.0 Å². The predicted octanol–water partition coefficient (Wildman–Crippen LogP) is 5.42. The summed E-state index contributed by atoms with van der Waals surface area (Å²) >= 11 is 5.73. The van der Waals surface area contributed by atoms with Crippen LogP contribution in [0.5, 0.6) is 11.5 Å². The summed E-state index contributed by atoms with van der Waals surface area (Å²) in [6, 6.07) is 14.4. The van der Waals surface area contributed by atoms with Gasteiger partial charge in [-0.3, -0.25) is 0 Å². The number of hydrogen-bond donors (Lipinski definition) is 2. The summed E-state index contributed by atoms with van der Waals surface area (Å²) in [4.78, 5) is 0. The van der Waals surface area contributed by atoms with Gasteiger partial charge in [-0.1, -0.05) is 38.1 Å². The molecule has 2 aromatic rings. The summed E-state index contributed by atoms with van der Waals surface area (Å²) in [6.45, 7) is 5.82. The number of alkyl halides is 1. The van der Waals surface area contributed by atoms with E-state index >= 15 is 0 Å². The Morgan fingerprint density at radius 3 is 2.19 bits per heavy atom. The lowest BCUT2D eigenvalue weighted by atomic mass is 9.78. The molecule has 26 heavy (non-hydrogen) atoms. The molecule has 2 N–H and O–H groups in total. The minimum Gasteiger partial charge on any atom is -0.508 e. The third kappa shape index (κ3) is 5.15. The fraction of sp³-hybridized carbons (Fsp3) is 0.455. The molecule has 0 saturated heterocycles. The van der Waals surface area contributed by atoms with Gasteiger partial charge in [0.1, 0.15) is 11.5 Å². The molecule has 0 saturated carbocycles. The Morgan fingerprint density at radius 1 is 1.00 bits per heavy atom. The van der Waals surface area contributed by atoms with Crippen molar-refractivity contribution in [3.8, 4) is 11.5 Å². The van der Waals surface area contributed by atoms with E-state index in [1.54, 1.807) is 7.11 Å². The SMILES string of the molecule is CC[C@H](c1ccc(OC)cc1)[C@H](CC)c1ccc(O)c(CNCCCl)c1. The highest BCUT2D eigenvalue weighted by atomic mass is 35.5. The molecule has 0 radical (unpaired) electrons. The Balaban J connectivity index is 2.27. The van der Waals surface area contributed by atoms with Crippen LogP contribution in [0.25, 0.3) is 0 Å². The van der Waals surface area contributed by atoms with E-state index in [4.69, 9.17) is 16.3 Å². The largest absolute Gasteiger partial charge is 0.508 e. The van der Waals surface area contributed by atoms with Crippen LogP contribution in [0, 0.1) is 0 Å². The molecule has 0 spiro atoms. The van der Waals surface area contributed by atoms with Gasteiger partial charge in [-0.2, -0.15) is 0 Å². The summed E-state index contributed by atoms with van der Waals surface area (Å²) in [7, 11) is 1.69. The fourth-order valence-corrected chi connectivity index (χ4v) is 3.76. The average molecular weight is 376 g/mol. The molecule has 4 heteroatoms. The normalized spacial score (nSPS) is 13.4. The van der Waals surface area contributed by atoms with Gasteiger partial charge in [-0.15, -0.1) is 11.6 Å². The van der Waals surface area contributed by atoms with Crippen molar-refractivity contribution in [2.24, 2.45) is 0 Å². The number of rotatable bonds is 10. The molecule has 3 nitrogen and oxygen atoms in total. The minimum atomic E-state index is 0.336. The smallest absolute Gasteiger partial charge is 0.120 e. The quantitative estimate of drug-likeness (QED) is 0.430. The third-order valence-corrected chi connectivity index (χ3v) is 5.22. The number of ether oxygens (including phenoxy) is 1. The zero-order chi connectivity index (χ0) is 18.9. The van der Waals surface area contributed by atoms with Crippen LogP contribution in [-0.2, 0) is 6.54 Å². The van der Waals surface area contributed by atoms with E-state index in [2.05, 4.69) is 43.4 Å². The van der Waals surface area contributed by atoms with Crippen LogP contribution in [0.4, 0.5) is 0 Å². The van der Waals surface area contributed by atoms with Crippen LogP contribution in [0.2, 0.25) is 0 Å². The first kappa shape index (κ1) is 20.6. The number of aromatic hydroxyl groups is 1. The van der Waals surface area contributed by atoms with Crippen molar-refractivity contribution in [2.45, 2.75) is 45.1 Å². The molecule has 0 unspecified atom stereocenters. The summed E-state index contributed by atoms with van der Waals surface area (Å²) in [5.41, 5.74) is 3.53. The fourth-order valence-electron chi connectivity index (χ4n) is 3.62. The van der Waals surface area contributed by atoms with Gasteiger partial charge < -0.3 is 15.2 Å². The van der Waals surface area contributed by atoms with Gasteiger partial charge in [0.05, 0.1) is 7.11 Å². The molecule has 0 amide bonds. The lowest BCUT2D eigenvalue weighted by molar-refractivity contribution is 0.414. The van der Waals surface area contributed by atoms with Crippen molar-refractivity contribution in [3.05, 3.63) is 59.2 Å². The van der Waals surface area contributed by atoms with E-state index in [1.807, 2.05) is 18.2 Å². The zero-order valence-electron chi connectivity index (χ0n) is 16.0. The Morgan fingerprint density at radius 2 is 1.62 bits per heavy atom. The monoisotopic (exact) mass is 375 g/mol. The molecule has 2 rings (SSSR count). The predicted molar refractivity (Wildman–Crippen MR) is 110 cm³/mol. The van der Waals surface area contributed by atoms with E-state index in [-0.39, 0.29) is 0 Å². The minimum absolute atomic E-state index is 0.336. The van der Waals surface area contributed by atoms with Crippen LogP contribution in [-0.4, -0.2) is 24.6 Å². The summed E-state index contributed by atoms with van der Waals surface area (Å²) in [5, 5.41) is 13.4. The molecule has 2 aromatic carbocycles. The van der Waals surface area contributed by atoms with Crippen LogP contribution in [0.1, 0.15) is 55.2 Å². The summed E-state index contributed by atoms with van der Waals surface area (Å²) in [6.07, 6.45) is 2.11. The van der Waals surface area contributed by atoms with Crippen LogP contribution < -0.4 is 10.1 Å². The molecular weight excluding hydrogens is 346 g/mol. The number of hydrogen-bond acceptors (Lipinski definition) is 3. The number of halogens is 1. The highest BCUT2D eigenvalue weighted by Gasteiger charge is 2.23. The Hall–Kier alpha value is -1.71. The van der Waals surface area contributed by atoms with Gasteiger partial charge in [0.2, 0.25) is 0 Å². The number of nitrogens with one attached hydrogen (secondary N) is 1. The number of phenols is 1. The maximum absolute atomic E-state index is 10.2. The molecule has 0 fully saturated rings. The molecule has 0 aliphatic heterocycles. The molecule has 142 valence electrons. The van der Waals surface area contributed by atoms with E-state index in [0.717, 1.165) is 30.7 Å².